The summed E-state index contributed by atoms with van der Waals surface area (Å²) >= 11 is 1.60. The number of nitrogens with zero attached hydrogens (tertiary/aromatic N) is 3. The van der Waals surface area contributed by atoms with E-state index in [9.17, 15) is 9.59 Å². The van der Waals surface area contributed by atoms with E-state index in [4.69, 9.17) is 10.2 Å². The number of carbonyl (C=O) groups is 2. The number of thiophene rings is 1. The van der Waals surface area contributed by atoms with E-state index in [-0.39, 0.29) is 18.5 Å². The van der Waals surface area contributed by atoms with Gasteiger partial charge in [-0.3, -0.25) is 14.5 Å². The monoisotopic (exact) mass is 434 g/mol. The van der Waals surface area contributed by atoms with Crippen LogP contribution in [0.3, 0.4) is 0 Å². The van der Waals surface area contributed by atoms with Gasteiger partial charge in [0.2, 0.25) is 5.91 Å². The van der Waals surface area contributed by atoms with Crippen LogP contribution in [0.25, 0.3) is 0 Å². The van der Waals surface area contributed by atoms with Crippen molar-refractivity contribution < 1.29 is 14.0 Å². The molecule has 0 aliphatic carbocycles. The first kappa shape index (κ1) is 19.7. The number of benzene rings is 1. The maximum Gasteiger partial charge on any atom is 0.257 e. The SMILES string of the molecule is NC(=O)C1Cc2ccccc2CN1CC(=O)N1N=C(c2ccco2)CC1c1cccs1. The van der Waals surface area contributed by atoms with Gasteiger partial charge in [-0.15, -0.1) is 11.3 Å². The number of fused-ring (bicyclic) bond motifs is 1. The van der Waals surface area contributed by atoms with Gasteiger partial charge in [-0.25, -0.2) is 5.01 Å². The fourth-order valence-electron chi connectivity index (χ4n) is 4.30. The summed E-state index contributed by atoms with van der Waals surface area (Å²) in [6, 6.07) is 14.9. The average molecular weight is 435 g/mol. The number of hydrogen-bond acceptors (Lipinski definition) is 6. The standard InChI is InChI=1S/C23H22N4O3S/c24-23(29)19-11-15-5-1-2-6-16(15)13-26(19)14-22(28)27-18(21-8-4-10-31-21)12-17(25-27)20-7-3-9-30-20/h1-10,18-19H,11-14H2,(H2,24,29). The fraction of sp³-hybridized carbons (Fsp3) is 0.261. The van der Waals surface area contributed by atoms with Crippen LogP contribution in [0.15, 0.2) is 69.7 Å². The molecule has 5 rings (SSSR count). The molecule has 0 fully saturated rings. The second-order valence-corrected chi connectivity index (χ2v) is 8.77. The first-order chi connectivity index (χ1) is 15.1. The van der Waals surface area contributed by atoms with Gasteiger partial charge in [0.15, 0.2) is 0 Å². The van der Waals surface area contributed by atoms with E-state index in [0.29, 0.717) is 25.1 Å². The molecule has 2 aliphatic rings. The number of amides is 2. The number of nitrogens with two attached hydrogens (primary N) is 1. The van der Waals surface area contributed by atoms with Gasteiger partial charge in [0.05, 0.1) is 24.9 Å². The van der Waals surface area contributed by atoms with Crippen molar-refractivity contribution in [2.45, 2.75) is 31.5 Å². The Hall–Kier alpha value is -3.23. The van der Waals surface area contributed by atoms with E-state index in [1.54, 1.807) is 22.6 Å². The summed E-state index contributed by atoms with van der Waals surface area (Å²) in [6.45, 7) is 0.570. The van der Waals surface area contributed by atoms with E-state index in [0.717, 1.165) is 21.7 Å². The van der Waals surface area contributed by atoms with Gasteiger partial charge in [-0.1, -0.05) is 30.3 Å². The molecule has 2 aromatic heterocycles. The van der Waals surface area contributed by atoms with E-state index in [1.807, 2.05) is 58.8 Å². The Bertz CT molecular complexity index is 1120. The zero-order valence-corrected chi connectivity index (χ0v) is 17.6. The summed E-state index contributed by atoms with van der Waals surface area (Å²) in [5.74, 6) is 0.0858. The maximum absolute atomic E-state index is 13.4. The number of furan rings is 1. The zero-order valence-electron chi connectivity index (χ0n) is 16.8. The molecule has 3 aromatic rings. The molecule has 0 bridgehead atoms. The lowest BCUT2D eigenvalue weighted by Gasteiger charge is -2.35. The predicted molar refractivity (Wildman–Crippen MR) is 117 cm³/mol. The highest BCUT2D eigenvalue weighted by Gasteiger charge is 2.37. The van der Waals surface area contributed by atoms with Crippen molar-refractivity contribution in [3.8, 4) is 0 Å². The van der Waals surface area contributed by atoms with Gasteiger partial charge in [-0.2, -0.15) is 5.10 Å². The molecule has 8 heteroatoms. The highest BCUT2D eigenvalue weighted by Crippen LogP contribution is 2.35. The summed E-state index contributed by atoms with van der Waals surface area (Å²) in [7, 11) is 0. The lowest BCUT2D eigenvalue weighted by atomic mass is 9.93. The molecular weight excluding hydrogens is 412 g/mol. The second-order valence-electron chi connectivity index (χ2n) is 7.79. The minimum absolute atomic E-state index is 0.0682. The minimum Gasteiger partial charge on any atom is -0.463 e. The van der Waals surface area contributed by atoms with E-state index in [1.165, 1.54) is 0 Å². The van der Waals surface area contributed by atoms with Crippen LogP contribution in [0.4, 0.5) is 0 Å². The van der Waals surface area contributed by atoms with Crippen molar-refractivity contribution in [2.75, 3.05) is 6.54 Å². The van der Waals surface area contributed by atoms with Crippen LogP contribution in [-0.2, 0) is 22.6 Å². The Kier molecular flexibility index (Phi) is 5.17. The van der Waals surface area contributed by atoms with Gasteiger partial charge in [0.1, 0.15) is 11.5 Å². The Morgan fingerprint density at radius 3 is 2.65 bits per heavy atom. The van der Waals surface area contributed by atoms with E-state index in [2.05, 4.69) is 5.10 Å². The number of hydrazone groups is 1. The van der Waals surface area contributed by atoms with Crippen molar-refractivity contribution in [2.24, 2.45) is 10.8 Å². The molecule has 2 aliphatic heterocycles. The molecule has 2 atom stereocenters. The number of rotatable bonds is 5. The fourth-order valence-corrected chi connectivity index (χ4v) is 5.12. The van der Waals surface area contributed by atoms with Crippen molar-refractivity contribution in [1.29, 1.82) is 0 Å². The highest BCUT2D eigenvalue weighted by molar-refractivity contribution is 7.10. The van der Waals surface area contributed by atoms with Gasteiger partial charge in [-0.05, 0) is 41.1 Å². The third-order valence-corrected chi connectivity index (χ3v) is 6.83. The maximum atomic E-state index is 13.4. The summed E-state index contributed by atoms with van der Waals surface area (Å²) in [4.78, 5) is 28.5. The molecule has 2 amide bonds. The van der Waals surface area contributed by atoms with Crippen LogP contribution in [0.1, 0.15) is 34.2 Å². The molecule has 31 heavy (non-hydrogen) atoms. The molecule has 0 spiro atoms. The van der Waals surface area contributed by atoms with Gasteiger partial charge < -0.3 is 10.2 Å². The minimum atomic E-state index is -0.518. The molecular formula is C23H22N4O3S. The Morgan fingerprint density at radius 1 is 1.10 bits per heavy atom. The van der Waals surface area contributed by atoms with E-state index >= 15 is 0 Å². The predicted octanol–water partition coefficient (Wildman–Crippen LogP) is 2.93. The van der Waals surface area contributed by atoms with Crippen molar-refractivity contribution in [3.05, 3.63) is 81.9 Å². The smallest absolute Gasteiger partial charge is 0.257 e. The molecule has 7 nitrogen and oxygen atoms in total. The highest BCUT2D eigenvalue weighted by atomic mass is 32.1. The Morgan fingerprint density at radius 2 is 1.94 bits per heavy atom. The summed E-state index contributed by atoms with van der Waals surface area (Å²) in [5.41, 5.74) is 8.65. The topological polar surface area (TPSA) is 92.1 Å². The normalized spacial score (nSPS) is 21.0. The first-order valence-corrected chi connectivity index (χ1v) is 11.0. The molecule has 0 saturated heterocycles. The van der Waals surface area contributed by atoms with Crippen molar-refractivity contribution >= 4 is 28.9 Å². The number of hydrogen-bond donors (Lipinski definition) is 1. The molecule has 1 aromatic carbocycles. The van der Waals surface area contributed by atoms with Crippen LogP contribution in [0.2, 0.25) is 0 Å². The molecule has 0 radical (unpaired) electrons. The Balaban J connectivity index is 1.41. The second kappa shape index (κ2) is 8.13. The third kappa shape index (κ3) is 3.80. The molecule has 2 N–H and O–H groups in total. The van der Waals surface area contributed by atoms with Crippen molar-refractivity contribution in [3.63, 3.8) is 0 Å². The van der Waals surface area contributed by atoms with Crippen LogP contribution >= 0.6 is 11.3 Å². The van der Waals surface area contributed by atoms with Gasteiger partial charge in [0, 0.05) is 17.8 Å². The largest absolute Gasteiger partial charge is 0.463 e. The van der Waals surface area contributed by atoms with Crippen molar-refractivity contribution in [1.82, 2.24) is 9.91 Å². The molecule has 4 heterocycles. The molecule has 0 saturated carbocycles. The van der Waals surface area contributed by atoms with Gasteiger partial charge in [0.25, 0.3) is 5.91 Å². The lowest BCUT2D eigenvalue weighted by molar-refractivity contribution is -0.136. The van der Waals surface area contributed by atoms with Crippen LogP contribution in [-0.4, -0.2) is 40.0 Å². The zero-order chi connectivity index (χ0) is 21.4. The summed E-state index contributed by atoms with van der Waals surface area (Å²) < 4.78 is 5.51. The van der Waals surface area contributed by atoms with E-state index < -0.39 is 11.9 Å². The molecule has 2 unspecified atom stereocenters. The van der Waals surface area contributed by atoms with Crippen LogP contribution in [0, 0.1) is 0 Å². The quantitative estimate of drug-likeness (QED) is 0.668. The van der Waals surface area contributed by atoms with Crippen LogP contribution < -0.4 is 5.73 Å². The lowest BCUT2D eigenvalue weighted by Crippen LogP contribution is -2.51. The number of carbonyl (C=O) groups excluding carboxylic acids is 2. The van der Waals surface area contributed by atoms with Gasteiger partial charge >= 0.3 is 0 Å². The summed E-state index contributed by atoms with van der Waals surface area (Å²) in [5, 5.41) is 8.16. The first-order valence-electron chi connectivity index (χ1n) is 10.2. The molecule has 158 valence electrons. The summed E-state index contributed by atoms with van der Waals surface area (Å²) in [6.07, 6.45) is 2.70. The van der Waals surface area contributed by atoms with Crippen LogP contribution in [0.5, 0.6) is 0 Å². The number of primary amides is 1. The Labute approximate surface area is 183 Å². The third-order valence-electron chi connectivity index (χ3n) is 5.86. The average Bonchev–Trinajstić information content (AvgIpc) is 3.54.